The van der Waals surface area contributed by atoms with Crippen molar-refractivity contribution in [1.29, 1.82) is 0 Å². The van der Waals surface area contributed by atoms with Crippen LogP contribution in [0, 0.1) is 0 Å². The molecule has 1 fully saturated rings. The monoisotopic (exact) mass is 320 g/mol. The van der Waals surface area contributed by atoms with E-state index in [1.165, 1.54) is 19.4 Å². The topological polar surface area (TPSA) is 96.8 Å². The van der Waals surface area contributed by atoms with Gasteiger partial charge in [-0.25, -0.2) is 8.42 Å². The van der Waals surface area contributed by atoms with Gasteiger partial charge in [-0.3, -0.25) is 9.78 Å². The summed E-state index contributed by atoms with van der Waals surface area (Å²) in [4.78, 5) is 14.8. The van der Waals surface area contributed by atoms with Crippen LogP contribution in [0.15, 0.2) is 23.4 Å². The van der Waals surface area contributed by atoms with Gasteiger partial charge < -0.3 is 9.84 Å². The molecular formula is C11H13ClN2O5S. The third-order valence-corrected chi connectivity index (χ3v) is 5.17. The quantitative estimate of drug-likeness (QED) is 0.872. The van der Waals surface area contributed by atoms with Gasteiger partial charge in [-0.1, -0.05) is 11.6 Å². The van der Waals surface area contributed by atoms with Gasteiger partial charge in [-0.2, -0.15) is 4.31 Å². The number of hydrogen-bond acceptors (Lipinski definition) is 5. The van der Waals surface area contributed by atoms with E-state index >= 15 is 0 Å². The smallest absolute Gasteiger partial charge is 0.322 e. The summed E-state index contributed by atoms with van der Waals surface area (Å²) in [6, 6.07) is 0.0899. The Kier molecular flexibility index (Phi) is 4.28. The predicted molar refractivity (Wildman–Crippen MR) is 70.0 cm³/mol. The summed E-state index contributed by atoms with van der Waals surface area (Å²) in [6.07, 6.45) is 2.11. The fraction of sp³-hybridized carbons (Fsp3) is 0.455. The molecule has 1 saturated heterocycles. The maximum absolute atomic E-state index is 12.5. The van der Waals surface area contributed by atoms with Crippen LogP contribution in [-0.2, 0) is 19.6 Å². The highest BCUT2D eigenvalue weighted by molar-refractivity contribution is 7.89. The van der Waals surface area contributed by atoms with Gasteiger partial charge in [0.1, 0.15) is 10.9 Å². The first-order valence-electron chi connectivity index (χ1n) is 5.74. The Morgan fingerprint density at radius 3 is 2.80 bits per heavy atom. The number of hydrogen-bond donors (Lipinski definition) is 1. The Morgan fingerprint density at radius 1 is 1.55 bits per heavy atom. The molecule has 0 saturated carbocycles. The van der Waals surface area contributed by atoms with Crippen LogP contribution in [0.4, 0.5) is 0 Å². The van der Waals surface area contributed by atoms with Gasteiger partial charge in [-0.15, -0.1) is 0 Å². The average molecular weight is 321 g/mol. The zero-order chi connectivity index (χ0) is 14.9. The van der Waals surface area contributed by atoms with Crippen molar-refractivity contribution in [3.63, 3.8) is 0 Å². The molecule has 0 aromatic carbocycles. The second-order valence-corrected chi connectivity index (χ2v) is 6.69. The fourth-order valence-corrected chi connectivity index (χ4v) is 3.95. The minimum Gasteiger partial charge on any atom is -0.480 e. The maximum Gasteiger partial charge on any atom is 0.322 e. The number of carboxylic acid groups (broad SMARTS) is 1. The first-order valence-corrected chi connectivity index (χ1v) is 7.56. The molecule has 110 valence electrons. The largest absolute Gasteiger partial charge is 0.480 e. The van der Waals surface area contributed by atoms with Gasteiger partial charge in [-0.05, 0) is 6.07 Å². The predicted octanol–water partition coefficient (Wildman–Crippen LogP) is 0.598. The standard InChI is InChI=1S/C11H13ClN2O5S/c1-19-8-3-10(11(15)16)14(6-8)20(17,18)9-2-7(12)4-13-5-9/h2,4-5,8,10H,3,6H2,1H3,(H,15,16)/t8-,10+/m1/s1. The highest BCUT2D eigenvalue weighted by Crippen LogP contribution is 2.28. The summed E-state index contributed by atoms with van der Waals surface area (Å²) in [7, 11) is -2.56. The van der Waals surface area contributed by atoms with Gasteiger partial charge in [0.05, 0.1) is 11.1 Å². The molecule has 20 heavy (non-hydrogen) atoms. The molecule has 0 aliphatic carbocycles. The van der Waals surface area contributed by atoms with Crippen LogP contribution in [0.1, 0.15) is 6.42 Å². The normalized spacial score (nSPS) is 23.9. The zero-order valence-electron chi connectivity index (χ0n) is 10.6. The molecule has 1 N–H and O–H groups in total. The number of carboxylic acids is 1. The van der Waals surface area contributed by atoms with E-state index in [9.17, 15) is 13.2 Å². The van der Waals surface area contributed by atoms with Crippen LogP contribution >= 0.6 is 11.6 Å². The van der Waals surface area contributed by atoms with E-state index in [2.05, 4.69) is 4.98 Å². The van der Waals surface area contributed by atoms with E-state index in [0.29, 0.717) is 0 Å². The second kappa shape index (κ2) is 5.65. The molecule has 0 radical (unpaired) electrons. The van der Waals surface area contributed by atoms with Crippen molar-refractivity contribution in [3.05, 3.63) is 23.5 Å². The summed E-state index contributed by atoms with van der Waals surface area (Å²) < 4.78 is 30.9. The molecular weight excluding hydrogens is 308 g/mol. The molecule has 1 aromatic rings. The van der Waals surface area contributed by atoms with E-state index in [0.717, 1.165) is 10.5 Å². The minimum atomic E-state index is -3.97. The van der Waals surface area contributed by atoms with Crippen molar-refractivity contribution in [2.24, 2.45) is 0 Å². The lowest BCUT2D eigenvalue weighted by atomic mass is 10.2. The van der Waals surface area contributed by atoms with Gasteiger partial charge >= 0.3 is 5.97 Å². The minimum absolute atomic E-state index is 0.0116. The third kappa shape index (κ3) is 2.78. The first-order chi connectivity index (χ1) is 9.36. The zero-order valence-corrected chi connectivity index (χ0v) is 12.1. The molecule has 7 nitrogen and oxygen atoms in total. The SMILES string of the molecule is CO[C@@H]1C[C@@H](C(=O)O)N(S(=O)(=O)c2cncc(Cl)c2)C1. The first kappa shape index (κ1) is 15.2. The Labute approximate surface area is 121 Å². The number of rotatable bonds is 4. The summed E-state index contributed by atoms with van der Waals surface area (Å²) in [5.74, 6) is -1.21. The molecule has 2 rings (SSSR count). The van der Waals surface area contributed by atoms with Crippen LogP contribution in [0.5, 0.6) is 0 Å². The van der Waals surface area contributed by atoms with Gasteiger partial charge in [0.2, 0.25) is 10.0 Å². The number of nitrogens with zero attached hydrogens (tertiary/aromatic N) is 2. The van der Waals surface area contributed by atoms with E-state index in [1.54, 1.807) is 0 Å². The van der Waals surface area contributed by atoms with Crippen molar-refractivity contribution in [3.8, 4) is 0 Å². The molecule has 0 bridgehead atoms. The highest BCUT2D eigenvalue weighted by Gasteiger charge is 2.44. The molecule has 0 amide bonds. The van der Waals surface area contributed by atoms with Crippen molar-refractivity contribution < 1.29 is 23.1 Å². The molecule has 1 aliphatic heterocycles. The van der Waals surface area contributed by atoms with Crippen molar-refractivity contribution in [2.75, 3.05) is 13.7 Å². The Bertz CT molecular complexity index is 621. The molecule has 0 spiro atoms. The van der Waals surface area contributed by atoms with Crippen LogP contribution in [0.25, 0.3) is 0 Å². The number of pyridine rings is 1. The van der Waals surface area contributed by atoms with Crippen LogP contribution < -0.4 is 0 Å². The van der Waals surface area contributed by atoms with Gasteiger partial charge in [0, 0.05) is 32.5 Å². The summed E-state index contributed by atoms with van der Waals surface area (Å²) in [5.41, 5.74) is 0. The summed E-state index contributed by atoms with van der Waals surface area (Å²) in [5, 5.41) is 9.33. The molecule has 2 heterocycles. The average Bonchev–Trinajstić information content (AvgIpc) is 2.83. The second-order valence-electron chi connectivity index (χ2n) is 4.36. The number of halogens is 1. The van der Waals surface area contributed by atoms with Crippen LogP contribution in [0.2, 0.25) is 5.02 Å². The van der Waals surface area contributed by atoms with Crippen LogP contribution in [-0.4, -0.2) is 54.6 Å². The van der Waals surface area contributed by atoms with E-state index < -0.39 is 28.1 Å². The number of aromatic nitrogens is 1. The maximum atomic E-state index is 12.5. The highest BCUT2D eigenvalue weighted by atomic mass is 35.5. The van der Waals surface area contributed by atoms with Gasteiger partial charge in [0.15, 0.2) is 0 Å². The molecule has 1 aliphatic rings. The Hall–Kier alpha value is -1.22. The third-order valence-electron chi connectivity index (χ3n) is 3.12. The van der Waals surface area contributed by atoms with Crippen molar-refractivity contribution in [2.45, 2.75) is 23.5 Å². The van der Waals surface area contributed by atoms with Crippen molar-refractivity contribution in [1.82, 2.24) is 9.29 Å². The lowest BCUT2D eigenvalue weighted by molar-refractivity contribution is -0.140. The molecule has 2 atom stereocenters. The Balaban J connectivity index is 2.39. The summed E-state index contributed by atoms with van der Waals surface area (Å²) >= 11 is 5.73. The molecule has 9 heteroatoms. The Morgan fingerprint density at radius 2 is 2.25 bits per heavy atom. The fourth-order valence-electron chi connectivity index (χ4n) is 2.10. The van der Waals surface area contributed by atoms with E-state index in [1.807, 2.05) is 0 Å². The molecule has 0 unspecified atom stereocenters. The van der Waals surface area contributed by atoms with E-state index in [4.69, 9.17) is 21.4 Å². The molecule has 1 aromatic heterocycles. The van der Waals surface area contributed by atoms with E-state index in [-0.39, 0.29) is 22.9 Å². The number of methoxy groups -OCH3 is 1. The number of aliphatic carboxylic acids is 1. The van der Waals surface area contributed by atoms with Crippen LogP contribution in [0.3, 0.4) is 0 Å². The number of sulfonamides is 1. The van der Waals surface area contributed by atoms with Gasteiger partial charge in [0.25, 0.3) is 0 Å². The number of ether oxygens (including phenoxy) is 1. The lowest BCUT2D eigenvalue weighted by Crippen LogP contribution is -2.40. The summed E-state index contributed by atoms with van der Waals surface area (Å²) in [6.45, 7) is -0.0116. The van der Waals surface area contributed by atoms with Crippen molar-refractivity contribution >= 4 is 27.6 Å². The lowest BCUT2D eigenvalue weighted by Gasteiger charge is -2.20. The number of carbonyl (C=O) groups is 1.